The van der Waals surface area contributed by atoms with Gasteiger partial charge in [-0.3, -0.25) is 9.59 Å². The van der Waals surface area contributed by atoms with Crippen LogP contribution in [0.3, 0.4) is 0 Å². The molecule has 0 aromatic carbocycles. The second-order valence-corrected chi connectivity index (χ2v) is 4.67. The molecule has 92 valence electrons. The van der Waals surface area contributed by atoms with Crippen LogP contribution < -0.4 is 5.32 Å². The van der Waals surface area contributed by atoms with Gasteiger partial charge in [-0.1, -0.05) is 6.42 Å². The van der Waals surface area contributed by atoms with Crippen molar-refractivity contribution < 1.29 is 19.4 Å². The van der Waals surface area contributed by atoms with Crippen molar-refractivity contribution in [1.82, 2.24) is 5.32 Å². The van der Waals surface area contributed by atoms with Gasteiger partial charge in [0.05, 0.1) is 5.92 Å². The molecular formula is C11H19NO4. The number of hydrogen-bond donors (Lipinski definition) is 2. The van der Waals surface area contributed by atoms with Crippen molar-refractivity contribution in [2.45, 2.75) is 44.8 Å². The zero-order valence-corrected chi connectivity index (χ0v) is 9.95. The minimum atomic E-state index is -0.911. The van der Waals surface area contributed by atoms with Crippen LogP contribution in [0.4, 0.5) is 0 Å². The quantitative estimate of drug-likeness (QED) is 0.747. The van der Waals surface area contributed by atoms with E-state index in [0.29, 0.717) is 6.42 Å². The van der Waals surface area contributed by atoms with Crippen molar-refractivity contribution in [3.05, 3.63) is 0 Å². The van der Waals surface area contributed by atoms with E-state index in [-0.39, 0.29) is 11.9 Å². The van der Waals surface area contributed by atoms with Gasteiger partial charge in [0.2, 0.25) is 0 Å². The number of rotatable bonds is 4. The Bertz CT molecular complexity index is 288. The van der Waals surface area contributed by atoms with Gasteiger partial charge in [-0.2, -0.15) is 0 Å². The summed E-state index contributed by atoms with van der Waals surface area (Å²) in [5.74, 6) is -1.55. The molecule has 1 amide bonds. The van der Waals surface area contributed by atoms with Gasteiger partial charge in [-0.05, 0) is 26.7 Å². The summed E-state index contributed by atoms with van der Waals surface area (Å²) in [6, 6.07) is -0.264. The highest BCUT2D eigenvalue weighted by molar-refractivity contribution is 5.85. The predicted molar refractivity (Wildman–Crippen MR) is 58.0 cm³/mol. The predicted octanol–water partition coefficient (Wildman–Crippen LogP) is 0.781. The molecule has 16 heavy (non-hydrogen) atoms. The molecule has 0 radical (unpaired) electrons. The number of carboxylic acids is 1. The Hall–Kier alpha value is -1.10. The fourth-order valence-electron chi connectivity index (χ4n) is 1.86. The summed E-state index contributed by atoms with van der Waals surface area (Å²) in [7, 11) is 1.46. The van der Waals surface area contributed by atoms with Gasteiger partial charge in [0, 0.05) is 13.2 Å². The highest BCUT2D eigenvalue weighted by atomic mass is 16.5. The van der Waals surface area contributed by atoms with Crippen LogP contribution in [0.2, 0.25) is 0 Å². The van der Waals surface area contributed by atoms with Crippen LogP contribution >= 0.6 is 0 Å². The van der Waals surface area contributed by atoms with E-state index in [2.05, 4.69) is 5.32 Å². The molecule has 5 nitrogen and oxygen atoms in total. The molecule has 0 aromatic rings. The molecule has 1 aliphatic carbocycles. The maximum absolute atomic E-state index is 11.8. The molecule has 1 rings (SSSR count). The number of carbonyl (C=O) groups is 2. The van der Waals surface area contributed by atoms with Crippen molar-refractivity contribution in [2.75, 3.05) is 7.11 Å². The number of carboxylic acid groups (broad SMARTS) is 1. The summed E-state index contributed by atoms with van der Waals surface area (Å²) >= 11 is 0. The van der Waals surface area contributed by atoms with Crippen LogP contribution in [0.1, 0.15) is 33.1 Å². The van der Waals surface area contributed by atoms with Crippen LogP contribution in [0.25, 0.3) is 0 Å². The summed E-state index contributed by atoms with van der Waals surface area (Å²) in [5.41, 5.74) is -0.911. The van der Waals surface area contributed by atoms with Crippen molar-refractivity contribution in [2.24, 2.45) is 5.92 Å². The first kappa shape index (κ1) is 13.0. The Morgan fingerprint density at radius 3 is 2.50 bits per heavy atom. The molecule has 0 aromatic heterocycles. The van der Waals surface area contributed by atoms with Crippen molar-refractivity contribution in [3.63, 3.8) is 0 Å². The molecule has 0 spiro atoms. The van der Waals surface area contributed by atoms with Gasteiger partial charge in [0.15, 0.2) is 0 Å². The lowest BCUT2D eigenvalue weighted by atomic mass is 10.0. The highest BCUT2D eigenvalue weighted by Gasteiger charge is 2.37. The van der Waals surface area contributed by atoms with Crippen LogP contribution in [0, 0.1) is 5.92 Å². The lowest BCUT2D eigenvalue weighted by Gasteiger charge is -2.26. The van der Waals surface area contributed by atoms with Gasteiger partial charge in [0.25, 0.3) is 5.91 Å². The molecule has 5 heteroatoms. The zero-order valence-electron chi connectivity index (χ0n) is 9.95. The maximum atomic E-state index is 11.8. The Morgan fingerprint density at radius 2 is 2.00 bits per heavy atom. The molecule has 0 aliphatic heterocycles. The molecule has 1 aliphatic rings. The summed E-state index contributed by atoms with van der Waals surface area (Å²) in [6.45, 7) is 3.32. The summed E-state index contributed by atoms with van der Waals surface area (Å²) < 4.78 is 5.05. The fourth-order valence-corrected chi connectivity index (χ4v) is 1.86. The number of amides is 1. The van der Waals surface area contributed by atoms with Gasteiger partial charge in [0.1, 0.15) is 5.60 Å². The molecule has 0 bridgehead atoms. The van der Waals surface area contributed by atoms with E-state index >= 15 is 0 Å². The molecule has 1 saturated carbocycles. The molecule has 2 atom stereocenters. The van der Waals surface area contributed by atoms with E-state index in [9.17, 15) is 9.59 Å². The number of hydrogen-bond acceptors (Lipinski definition) is 3. The summed E-state index contributed by atoms with van der Waals surface area (Å²) in [5, 5.41) is 11.7. The Balaban J connectivity index is 2.60. The third-order valence-corrected chi connectivity index (χ3v) is 3.21. The minimum absolute atomic E-state index is 0.256. The van der Waals surface area contributed by atoms with Gasteiger partial charge in [-0.25, -0.2) is 0 Å². The van der Waals surface area contributed by atoms with E-state index in [1.54, 1.807) is 13.8 Å². The standard InChI is InChI=1S/C11H19NO4/c1-11(2,16-3)10(15)12-8-6-4-5-7(8)9(13)14/h7-8H,4-6H2,1-3H3,(H,12,15)(H,13,14). The number of methoxy groups -OCH3 is 1. The number of nitrogens with one attached hydrogen (secondary N) is 1. The molecule has 2 unspecified atom stereocenters. The molecule has 2 N–H and O–H groups in total. The van der Waals surface area contributed by atoms with Crippen LogP contribution in [-0.4, -0.2) is 35.7 Å². The first-order valence-electron chi connectivity index (χ1n) is 5.47. The average molecular weight is 229 g/mol. The van der Waals surface area contributed by atoms with Gasteiger partial charge in [-0.15, -0.1) is 0 Å². The average Bonchev–Trinajstić information content (AvgIpc) is 2.65. The second-order valence-electron chi connectivity index (χ2n) is 4.67. The van der Waals surface area contributed by atoms with E-state index in [1.807, 2.05) is 0 Å². The highest BCUT2D eigenvalue weighted by Crippen LogP contribution is 2.26. The first-order valence-corrected chi connectivity index (χ1v) is 5.47. The second kappa shape index (κ2) is 4.82. The van der Waals surface area contributed by atoms with E-state index < -0.39 is 17.5 Å². The van der Waals surface area contributed by atoms with E-state index in [1.165, 1.54) is 7.11 Å². The Kier molecular flexibility index (Phi) is 3.91. The Labute approximate surface area is 95.2 Å². The topological polar surface area (TPSA) is 75.6 Å². The third-order valence-electron chi connectivity index (χ3n) is 3.21. The molecule has 0 heterocycles. The van der Waals surface area contributed by atoms with Crippen molar-refractivity contribution in [3.8, 4) is 0 Å². The van der Waals surface area contributed by atoms with Crippen LogP contribution in [0.15, 0.2) is 0 Å². The summed E-state index contributed by atoms with van der Waals surface area (Å²) in [6.07, 6.45) is 2.20. The van der Waals surface area contributed by atoms with Gasteiger partial charge < -0.3 is 15.2 Å². The first-order chi connectivity index (χ1) is 7.38. The van der Waals surface area contributed by atoms with E-state index in [4.69, 9.17) is 9.84 Å². The minimum Gasteiger partial charge on any atom is -0.481 e. The fraction of sp³-hybridized carbons (Fsp3) is 0.818. The van der Waals surface area contributed by atoms with Crippen molar-refractivity contribution >= 4 is 11.9 Å². The monoisotopic (exact) mass is 229 g/mol. The largest absolute Gasteiger partial charge is 0.481 e. The number of ether oxygens (including phenoxy) is 1. The molecular weight excluding hydrogens is 210 g/mol. The maximum Gasteiger partial charge on any atom is 0.308 e. The zero-order chi connectivity index (χ0) is 12.3. The smallest absolute Gasteiger partial charge is 0.308 e. The lowest BCUT2D eigenvalue weighted by Crippen LogP contribution is -2.49. The number of aliphatic carboxylic acids is 1. The van der Waals surface area contributed by atoms with Crippen LogP contribution in [0.5, 0.6) is 0 Å². The molecule has 1 fully saturated rings. The van der Waals surface area contributed by atoms with Crippen LogP contribution in [-0.2, 0) is 14.3 Å². The van der Waals surface area contributed by atoms with E-state index in [0.717, 1.165) is 12.8 Å². The Morgan fingerprint density at radius 1 is 1.38 bits per heavy atom. The number of carbonyl (C=O) groups excluding carboxylic acids is 1. The third kappa shape index (κ3) is 2.72. The SMILES string of the molecule is COC(C)(C)C(=O)NC1CCCC1C(=O)O. The summed E-state index contributed by atoms with van der Waals surface area (Å²) in [4.78, 5) is 22.7. The van der Waals surface area contributed by atoms with Gasteiger partial charge >= 0.3 is 5.97 Å². The normalized spacial score (nSPS) is 25.4. The molecule has 0 saturated heterocycles. The lowest BCUT2D eigenvalue weighted by molar-refractivity contribution is -0.144. The van der Waals surface area contributed by atoms with Crippen molar-refractivity contribution in [1.29, 1.82) is 0 Å².